The van der Waals surface area contributed by atoms with Crippen molar-refractivity contribution in [2.45, 2.75) is 71.9 Å². The number of hydrogen-bond donors (Lipinski definition) is 0. The number of Topliss-reactive ketones (excluding diaryl/α,β-unsaturated/α-hetero) is 1. The molecule has 0 spiro atoms. The lowest BCUT2D eigenvalue weighted by atomic mass is 9.85. The lowest BCUT2D eigenvalue weighted by Crippen LogP contribution is -2.33. The van der Waals surface area contributed by atoms with Crippen molar-refractivity contribution in [2.75, 3.05) is 6.54 Å². The van der Waals surface area contributed by atoms with E-state index in [9.17, 15) is 4.79 Å². The zero-order valence-corrected chi connectivity index (χ0v) is 18.2. The summed E-state index contributed by atoms with van der Waals surface area (Å²) in [4.78, 5) is 15.2. The van der Waals surface area contributed by atoms with Crippen molar-refractivity contribution >= 4 is 5.78 Å². The molecule has 0 radical (unpaired) electrons. The molecule has 1 unspecified atom stereocenters. The average molecular weight is 378 g/mol. The Hall–Kier alpha value is -1.93. The van der Waals surface area contributed by atoms with E-state index in [1.165, 1.54) is 36.0 Å². The molecule has 1 heterocycles. The zero-order chi connectivity index (χ0) is 20.3. The smallest absolute Gasteiger partial charge is 0.165 e. The van der Waals surface area contributed by atoms with Gasteiger partial charge in [-0.15, -0.1) is 0 Å². The fourth-order valence-electron chi connectivity index (χ4n) is 4.19. The van der Waals surface area contributed by atoms with Gasteiger partial charge in [0.25, 0.3) is 0 Å². The zero-order valence-electron chi connectivity index (χ0n) is 18.2. The third-order valence-corrected chi connectivity index (χ3v) is 5.96. The van der Waals surface area contributed by atoms with Crippen molar-refractivity contribution in [3.63, 3.8) is 0 Å². The van der Waals surface area contributed by atoms with E-state index in [1.807, 2.05) is 26.0 Å². The van der Waals surface area contributed by atoms with E-state index in [0.29, 0.717) is 6.04 Å². The highest BCUT2D eigenvalue weighted by molar-refractivity contribution is 5.98. The van der Waals surface area contributed by atoms with E-state index in [2.05, 4.69) is 62.1 Å². The predicted molar refractivity (Wildman–Crippen MR) is 118 cm³/mol. The van der Waals surface area contributed by atoms with Crippen LogP contribution in [0.4, 0.5) is 0 Å². The van der Waals surface area contributed by atoms with Gasteiger partial charge in [-0.3, -0.25) is 9.69 Å². The number of likely N-dealkylation sites (tertiary alicyclic amines) is 1. The molecule has 2 nitrogen and oxygen atoms in total. The molecule has 28 heavy (non-hydrogen) atoms. The molecule has 1 saturated heterocycles. The van der Waals surface area contributed by atoms with E-state index in [1.54, 1.807) is 0 Å². The summed E-state index contributed by atoms with van der Waals surface area (Å²) in [7, 11) is 0. The Labute approximate surface area is 171 Å². The predicted octanol–water partition coefficient (Wildman–Crippen LogP) is 6.55. The number of carbonyl (C=O) groups is 1. The van der Waals surface area contributed by atoms with Crippen LogP contribution < -0.4 is 0 Å². The molecular weight excluding hydrogens is 342 g/mol. The van der Waals surface area contributed by atoms with Crippen LogP contribution in [-0.2, 0) is 12.0 Å². The molecule has 3 rings (SSSR count). The third-order valence-electron chi connectivity index (χ3n) is 5.96. The summed E-state index contributed by atoms with van der Waals surface area (Å²) in [5.74, 6) is 0.280. The van der Waals surface area contributed by atoms with Gasteiger partial charge in [-0.25, -0.2) is 0 Å². The fourth-order valence-corrected chi connectivity index (χ4v) is 4.19. The number of rotatable bonds is 5. The highest BCUT2D eigenvalue weighted by atomic mass is 16.1. The second-order valence-electron chi connectivity index (χ2n) is 9.53. The Morgan fingerprint density at radius 1 is 1.04 bits per heavy atom. The van der Waals surface area contributed by atoms with Gasteiger partial charge >= 0.3 is 0 Å². The number of ketones is 1. The topological polar surface area (TPSA) is 20.3 Å². The van der Waals surface area contributed by atoms with E-state index in [0.717, 1.165) is 18.7 Å². The molecule has 0 aromatic heterocycles. The number of piperidine rings is 1. The SMILES string of the molecule is CC(C)C(=O)c1ccccc1CN1CCCCC1c1ccc(C(C)(C)C)cc1. The minimum absolute atomic E-state index is 0.0308. The van der Waals surface area contributed by atoms with Crippen molar-refractivity contribution < 1.29 is 4.79 Å². The van der Waals surface area contributed by atoms with Gasteiger partial charge in [0.2, 0.25) is 0 Å². The molecule has 2 heteroatoms. The molecule has 0 N–H and O–H groups in total. The first-order valence-corrected chi connectivity index (χ1v) is 10.7. The van der Waals surface area contributed by atoms with Crippen LogP contribution in [0.1, 0.15) is 87.0 Å². The summed E-state index contributed by atoms with van der Waals surface area (Å²) in [6.07, 6.45) is 3.70. The van der Waals surface area contributed by atoms with Crippen LogP contribution in [0.5, 0.6) is 0 Å². The lowest BCUT2D eigenvalue weighted by Gasteiger charge is -2.36. The first kappa shape index (κ1) is 20.8. The normalized spacial score (nSPS) is 18.4. The van der Waals surface area contributed by atoms with E-state index in [4.69, 9.17) is 0 Å². The largest absolute Gasteiger partial charge is 0.294 e. The second-order valence-corrected chi connectivity index (χ2v) is 9.53. The maximum Gasteiger partial charge on any atom is 0.165 e. The minimum Gasteiger partial charge on any atom is -0.294 e. The number of benzene rings is 2. The number of nitrogens with zero attached hydrogens (tertiary/aromatic N) is 1. The Kier molecular flexibility index (Phi) is 6.40. The molecule has 1 aliphatic heterocycles. The molecule has 0 aliphatic carbocycles. The Morgan fingerprint density at radius 2 is 1.71 bits per heavy atom. The molecule has 150 valence electrons. The van der Waals surface area contributed by atoms with Crippen molar-refractivity contribution in [1.29, 1.82) is 0 Å². The maximum atomic E-state index is 12.7. The number of hydrogen-bond acceptors (Lipinski definition) is 2. The fraction of sp³-hybridized carbons (Fsp3) is 0.500. The van der Waals surface area contributed by atoms with Gasteiger partial charge < -0.3 is 0 Å². The van der Waals surface area contributed by atoms with Crippen LogP contribution in [0.15, 0.2) is 48.5 Å². The van der Waals surface area contributed by atoms with Crippen molar-refractivity contribution in [3.8, 4) is 0 Å². The van der Waals surface area contributed by atoms with Crippen molar-refractivity contribution in [2.24, 2.45) is 5.92 Å². The maximum absolute atomic E-state index is 12.7. The van der Waals surface area contributed by atoms with E-state index >= 15 is 0 Å². The molecule has 1 fully saturated rings. The first-order valence-electron chi connectivity index (χ1n) is 10.7. The summed E-state index contributed by atoms with van der Waals surface area (Å²) in [6, 6.07) is 17.8. The van der Waals surface area contributed by atoms with Gasteiger partial charge in [-0.05, 0) is 41.5 Å². The molecule has 0 saturated carbocycles. The van der Waals surface area contributed by atoms with Gasteiger partial charge in [0, 0.05) is 24.1 Å². The van der Waals surface area contributed by atoms with Crippen LogP contribution >= 0.6 is 0 Å². The molecule has 0 bridgehead atoms. The Balaban J connectivity index is 1.84. The first-order chi connectivity index (χ1) is 13.3. The van der Waals surface area contributed by atoms with Crippen LogP contribution in [0.3, 0.4) is 0 Å². The third kappa shape index (κ3) is 4.72. The summed E-state index contributed by atoms with van der Waals surface area (Å²) >= 11 is 0. The van der Waals surface area contributed by atoms with Crippen molar-refractivity contribution in [1.82, 2.24) is 4.90 Å². The minimum atomic E-state index is 0.0308. The number of carbonyl (C=O) groups excluding carboxylic acids is 1. The standard InChI is InChI=1S/C26H35NO/c1-19(2)25(28)23-11-7-6-10-21(23)18-27-17-9-8-12-24(27)20-13-15-22(16-14-20)26(3,4)5/h6-7,10-11,13-16,19,24H,8-9,12,17-18H2,1-5H3. The lowest BCUT2D eigenvalue weighted by molar-refractivity contribution is 0.0934. The Morgan fingerprint density at radius 3 is 2.36 bits per heavy atom. The molecule has 2 aromatic carbocycles. The van der Waals surface area contributed by atoms with Crippen LogP contribution in [0, 0.1) is 5.92 Å². The van der Waals surface area contributed by atoms with Crippen LogP contribution in [-0.4, -0.2) is 17.2 Å². The molecular formula is C26H35NO. The quantitative estimate of drug-likeness (QED) is 0.551. The monoisotopic (exact) mass is 377 g/mol. The molecule has 2 aromatic rings. The van der Waals surface area contributed by atoms with Gasteiger partial charge in [0.1, 0.15) is 0 Å². The molecule has 0 amide bonds. The van der Waals surface area contributed by atoms with Gasteiger partial charge in [-0.2, -0.15) is 0 Å². The highest BCUT2D eigenvalue weighted by Crippen LogP contribution is 2.34. The highest BCUT2D eigenvalue weighted by Gasteiger charge is 2.26. The summed E-state index contributed by atoms with van der Waals surface area (Å²) in [5, 5.41) is 0. The average Bonchev–Trinajstić information content (AvgIpc) is 2.68. The van der Waals surface area contributed by atoms with E-state index < -0.39 is 0 Å². The Bertz CT molecular complexity index is 798. The summed E-state index contributed by atoms with van der Waals surface area (Å²) in [6.45, 7) is 12.7. The van der Waals surface area contributed by atoms with Gasteiger partial charge in [0.15, 0.2) is 5.78 Å². The van der Waals surface area contributed by atoms with E-state index in [-0.39, 0.29) is 17.1 Å². The van der Waals surface area contributed by atoms with Gasteiger partial charge in [-0.1, -0.05) is 89.6 Å². The summed E-state index contributed by atoms with van der Waals surface area (Å²) in [5.41, 5.74) is 5.03. The summed E-state index contributed by atoms with van der Waals surface area (Å²) < 4.78 is 0. The molecule has 1 aliphatic rings. The van der Waals surface area contributed by atoms with Gasteiger partial charge in [0.05, 0.1) is 0 Å². The van der Waals surface area contributed by atoms with Crippen LogP contribution in [0.25, 0.3) is 0 Å². The van der Waals surface area contributed by atoms with Crippen molar-refractivity contribution in [3.05, 3.63) is 70.8 Å². The molecule has 1 atom stereocenters. The second kappa shape index (κ2) is 8.61. The van der Waals surface area contributed by atoms with Crippen LogP contribution in [0.2, 0.25) is 0 Å².